The maximum absolute atomic E-state index is 14.5. The van der Waals surface area contributed by atoms with Crippen LogP contribution < -0.4 is 20.1 Å². The van der Waals surface area contributed by atoms with Crippen LogP contribution >= 0.6 is 0 Å². The van der Waals surface area contributed by atoms with Crippen LogP contribution in [0.15, 0.2) is 36.9 Å². The molecule has 2 unspecified atom stereocenters. The molecule has 14 heteroatoms. The summed E-state index contributed by atoms with van der Waals surface area (Å²) < 4.78 is 40.0. The molecule has 0 bridgehead atoms. The van der Waals surface area contributed by atoms with Gasteiger partial charge in [-0.25, -0.2) is 13.2 Å². The van der Waals surface area contributed by atoms with Gasteiger partial charge in [0.25, 0.3) is 5.91 Å². The van der Waals surface area contributed by atoms with E-state index < -0.39 is 68.7 Å². The van der Waals surface area contributed by atoms with Gasteiger partial charge in [-0.3, -0.25) is 24.1 Å². The highest BCUT2D eigenvalue weighted by atomic mass is 32.2. The molecule has 0 radical (unpaired) electrons. The Balaban J connectivity index is 1.17. The van der Waals surface area contributed by atoms with Crippen LogP contribution in [0.2, 0.25) is 0 Å². The van der Waals surface area contributed by atoms with Crippen LogP contribution in [0.1, 0.15) is 89.3 Å². The van der Waals surface area contributed by atoms with Gasteiger partial charge in [-0.2, -0.15) is 0 Å². The summed E-state index contributed by atoms with van der Waals surface area (Å²) in [5.41, 5.74) is 1.31. The Morgan fingerprint density at radius 2 is 1.75 bits per heavy atom. The topological polar surface area (TPSA) is 173 Å². The van der Waals surface area contributed by atoms with Crippen molar-refractivity contribution < 1.29 is 37.1 Å². The average molecular weight is 736 g/mol. The molecule has 1 aromatic carbocycles. The van der Waals surface area contributed by atoms with Crippen LogP contribution in [0.3, 0.4) is 0 Å². The summed E-state index contributed by atoms with van der Waals surface area (Å²) >= 11 is 0. The van der Waals surface area contributed by atoms with Gasteiger partial charge in [0.1, 0.15) is 35.6 Å². The van der Waals surface area contributed by atoms with E-state index in [9.17, 15) is 27.6 Å². The van der Waals surface area contributed by atoms with Crippen molar-refractivity contribution in [2.24, 2.45) is 11.8 Å². The number of ether oxygens (including phenoxy) is 2. The smallest absolute Gasteiger partial charge is 0.408 e. The third-order valence-electron chi connectivity index (χ3n) is 11.3. The number of hydrogen-bond acceptors (Lipinski definition) is 9. The van der Waals surface area contributed by atoms with E-state index in [1.807, 2.05) is 38.1 Å². The third kappa shape index (κ3) is 7.22. The van der Waals surface area contributed by atoms with Crippen molar-refractivity contribution >= 4 is 44.7 Å². The van der Waals surface area contributed by atoms with Gasteiger partial charge in [-0.1, -0.05) is 32.1 Å². The lowest BCUT2D eigenvalue weighted by molar-refractivity contribution is -0.141. The van der Waals surface area contributed by atoms with Crippen LogP contribution in [0.5, 0.6) is 5.75 Å². The zero-order chi connectivity index (χ0) is 36.8. The number of fused-ring (bicyclic) bond motifs is 2. The zero-order valence-corrected chi connectivity index (χ0v) is 30.7. The SMILES string of the molecule is C=CC1CC1(NC(=O)[C@@H]1C[C@@H](Oc2c3c(nc4ccccc24)CCCC3)CN1C(=O)[C@@H](NC(=O)OC1CCCC1)C(C)C)C(=O)NS(=O)(=O)C1CC1. The number of carbonyl (C=O) groups is 4. The Labute approximate surface area is 304 Å². The van der Waals surface area contributed by atoms with Gasteiger partial charge in [-0.05, 0) is 88.7 Å². The molecule has 4 amide bonds. The van der Waals surface area contributed by atoms with Crippen LogP contribution in [-0.2, 0) is 42.0 Å². The van der Waals surface area contributed by atoms with Gasteiger partial charge < -0.3 is 25.0 Å². The van der Waals surface area contributed by atoms with Gasteiger partial charge in [0.15, 0.2) is 0 Å². The van der Waals surface area contributed by atoms with E-state index in [0.717, 1.165) is 73.5 Å². The second-order valence-electron chi connectivity index (χ2n) is 15.4. The lowest BCUT2D eigenvalue weighted by Crippen LogP contribution is -2.59. The number of nitrogens with zero attached hydrogens (tertiary/aromatic N) is 2. The molecule has 5 atom stereocenters. The minimum absolute atomic E-state index is 0.0467. The second kappa shape index (κ2) is 14.3. The summed E-state index contributed by atoms with van der Waals surface area (Å²) in [6.07, 6.45) is 8.43. The number of rotatable bonds is 12. The quantitative estimate of drug-likeness (QED) is 0.274. The largest absolute Gasteiger partial charge is 0.487 e. The van der Waals surface area contributed by atoms with Crippen molar-refractivity contribution in [2.75, 3.05) is 6.54 Å². The minimum atomic E-state index is -3.88. The fourth-order valence-corrected chi connectivity index (χ4v) is 9.40. The van der Waals surface area contributed by atoms with Gasteiger partial charge in [0.05, 0.1) is 17.3 Å². The summed E-state index contributed by atoms with van der Waals surface area (Å²) in [6, 6.07) is 5.68. The fraction of sp³-hybridized carbons (Fsp3) is 0.605. The van der Waals surface area contributed by atoms with E-state index in [1.165, 1.54) is 11.0 Å². The van der Waals surface area contributed by atoms with Gasteiger partial charge >= 0.3 is 6.09 Å². The van der Waals surface area contributed by atoms with Gasteiger partial charge in [0, 0.05) is 29.0 Å². The normalized spacial score (nSPS) is 26.4. The first kappa shape index (κ1) is 36.2. The first-order valence-electron chi connectivity index (χ1n) is 18.8. The molecule has 52 heavy (non-hydrogen) atoms. The zero-order valence-electron chi connectivity index (χ0n) is 29.9. The standard InChI is InChI=1S/C38H49N5O8S/c1-4-23-20-38(23,36(46)42-52(48,49)26-17-18-26)41-34(44)31-19-25(50-33-27-13-7-9-15-29(27)39-30-16-10-8-14-28(30)33)21-43(31)35(45)32(22(2)3)40-37(47)51-24-11-5-6-12-24/h4,7,9,13,15,22-26,31-32H,1,5-6,8,10-12,14,16-21H2,2-3H3,(H,40,47)(H,41,44)(H,42,46)/t23?,25-,31+,32+,38?/m1/s1. The Morgan fingerprint density at radius 1 is 1.02 bits per heavy atom. The molecule has 2 aromatic rings. The molecule has 2 heterocycles. The number of benzene rings is 1. The molecule has 3 N–H and O–H groups in total. The molecule has 280 valence electrons. The molecule has 4 fully saturated rings. The van der Waals surface area contributed by atoms with E-state index in [1.54, 1.807) is 0 Å². The number of hydrogen-bond donors (Lipinski definition) is 3. The number of aryl methyl sites for hydroxylation is 1. The molecule has 0 spiro atoms. The molecule has 13 nitrogen and oxygen atoms in total. The van der Waals surface area contributed by atoms with Gasteiger partial charge in [0.2, 0.25) is 21.8 Å². The maximum atomic E-state index is 14.5. The molecule has 3 saturated carbocycles. The first-order chi connectivity index (χ1) is 24.9. The van der Waals surface area contributed by atoms with E-state index >= 15 is 0 Å². The second-order valence-corrected chi connectivity index (χ2v) is 17.4. The molecule has 1 aromatic heterocycles. The third-order valence-corrected chi connectivity index (χ3v) is 13.1. The van der Waals surface area contributed by atoms with E-state index in [0.29, 0.717) is 18.6 Å². The van der Waals surface area contributed by atoms with Crippen molar-refractivity contribution in [1.82, 2.24) is 25.2 Å². The van der Waals surface area contributed by atoms with E-state index in [2.05, 4.69) is 21.9 Å². The van der Waals surface area contributed by atoms with Crippen LogP contribution in [0, 0.1) is 11.8 Å². The highest BCUT2D eigenvalue weighted by Crippen LogP contribution is 2.46. The number of pyridine rings is 1. The summed E-state index contributed by atoms with van der Waals surface area (Å²) in [7, 11) is -3.88. The predicted molar refractivity (Wildman–Crippen MR) is 193 cm³/mol. The van der Waals surface area contributed by atoms with Crippen molar-refractivity contribution in [1.29, 1.82) is 0 Å². The summed E-state index contributed by atoms with van der Waals surface area (Å²) in [5, 5.41) is 5.84. The summed E-state index contributed by atoms with van der Waals surface area (Å²) in [6.45, 7) is 7.46. The Morgan fingerprint density at radius 3 is 2.44 bits per heavy atom. The van der Waals surface area contributed by atoms with Crippen LogP contribution in [0.25, 0.3) is 10.9 Å². The van der Waals surface area contributed by atoms with Gasteiger partial charge in [-0.15, -0.1) is 6.58 Å². The average Bonchev–Trinajstić information content (AvgIpc) is 4.00. The highest BCUT2D eigenvalue weighted by Gasteiger charge is 2.62. The lowest BCUT2D eigenvalue weighted by atomic mass is 9.93. The van der Waals surface area contributed by atoms with Crippen molar-refractivity contribution in [3.8, 4) is 5.75 Å². The summed E-state index contributed by atoms with van der Waals surface area (Å²) in [5.74, 6) is -2.03. The number of nitrogens with one attached hydrogen (secondary N) is 3. The number of sulfonamides is 1. The van der Waals surface area contributed by atoms with Crippen molar-refractivity contribution in [3.05, 3.63) is 48.2 Å². The first-order valence-corrected chi connectivity index (χ1v) is 20.3. The predicted octanol–water partition coefficient (Wildman–Crippen LogP) is 3.82. The molecule has 7 rings (SSSR count). The molecular weight excluding hydrogens is 687 g/mol. The monoisotopic (exact) mass is 735 g/mol. The minimum Gasteiger partial charge on any atom is -0.487 e. The fourth-order valence-electron chi connectivity index (χ4n) is 8.03. The van der Waals surface area contributed by atoms with Crippen LogP contribution in [0.4, 0.5) is 4.79 Å². The Kier molecular flexibility index (Phi) is 9.96. The number of carbonyl (C=O) groups excluding carboxylic acids is 4. The van der Waals surface area contributed by atoms with Crippen molar-refractivity contribution in [3.63, 3.8) is 0 Å². The van der Waals surface area contributed by atoms with Crippen LogP contribution in [-0.4, -0.2) is 83.7 Å². The highest BCUT2D eigenvalue weighted by molar-refractivity contribution is 7.91. The molecule has 4 aliphatic carbocycles. The van der Waals surface area contributed by atoms with E-state index in [4.69, 9.17) is 14.5 Å². The van der Waals surface area contributed by atoms with E-state index in [-0.39, 0.29) is 31.4 Å². The number of alkyl carbamates (subject to hydrolysis) is 1. The molecule has 1 saturated heterocycles. The molecule has 1 aliphatic heterocycles. The Hall–Kier alpha value is -4.20. The lowest BCUT2D eigenvalue weighted by Gasteiger charge is -2.31. The maximum Gasteiger partial charge on any atom is 0.408 e. The summed E-state index contributed by atoms with van der Waals surface area (Å²) in [4.78, 5) is 61.6. The number of likely N-dealkylation sites (tertiary alicyclic amines) is 1. The molecular formula is C38H49N5O8S. The van der Waals surface area contributed by atoms with Crippen molar-refractivity contribution in [2.45, 2.75) is 126 Å². The number of amides is 4. The number of para-hydroxylation sites is 1. The molecule has 5 aliphatic rings. The number of aromatic nitrogens is 1. The Bertz CT molecular complexity index is 1870.